The predicted molar refractivity (Wildman–Crippen MR) is 121 cm³/mol. The van der Waals surface area contributed by atoms with Gasteiger partial charge in [-0.2, -0.15) is 0 Å². The fourth-order valence-corrected chi connectivity index (χ4v) is 5.50. The summed E-state index contributed by atoms with van der Waals surface area (Å²) >= 11 is 7.95. The van der Waals surface area contributed by atoms with Crippen LogP contribution in [0.15, 0.2) is 24.3 Å². The standard InChI is InChI=1S/C20H30ClN7S/c1-14-12-27(17-7-9-26(10-8-17)20-23-19(22)24-25-20)18(13-28(14)29-2)11-15-3-5-16(21)6-4-15/h3-6,14,17-18H,7-13H2,1-2H3,(H3,22,23,24,25). The quantitative estimate of drug-likeness (QED) is 0.699. The lowest BCUT2D eigenvalue weighted by Crippen LogP contribution is -2.60. The maximum absolute atomic E-state index is 6.09. The van der Waals surface area contributed by atoms with E-state index in [0.717, 1.165) is 56.4 Å². The van der Waals surface area contributed by atoms with Crippen molar-refractivity contribution in [3.8, 4) is 0 Å². The average molecular weight is 436 g/mol. The minimum Gasteiger partial charge on any atom is -0.368 e. The number of anilines is 2. The van der Waals surface area contributed by atoms with Crippen molar-refractivity contribution in [1.29, 1.82) is 0 Å². The first kappa shape index (κ1) is 20.8. The number of halogens is 1. The third-order valence-electron chi connectivity index (χ3n) is 6.17. The number of piperidine rings is 1. The maximum atomic E-state index is 6.09. The van der Waals surface area contributed by atoms with Crippen molar-refractivity contribution in [3.05, 3.63) is 34.9 Å². The molecule has 29 heavy (non-hydrogen) atoms. The maximum Gasteiger partial charge on any atom is 0.226 e. The lowest BCUT2D eigenvalue weighted by Gasteiger charge is -2.49. The summed E-state index contributed by atoms with van der Waals surface area (Å²) in [5.74, 6) is 1.17. The number of piperazine rings is 1. The minimum absolute atomic E-state index is 0.382. The SMILES string of the molecule is CSN1CC(Cc2ccc(Cl)cc2)N(C2CCN(c3nnc(N)[nH]3)CC2)CC1C. The molecule has 1 aromatic heterocycles. The molecule has 2 fully saturated rings. The van der Waals surface area contributed by atoms with E-state index in [1.54, 1.807) is 0 Å². The summed E-state index contributed by atoms with van der Waals surface area (Å²) in [6.07, 6.45) is 5.50. The second-order valence-corrected chi connectivity index (χ2v) is 9.34. The summed E-state index contributed by atoms with van der Waals surface area (Å²) in [6, 6.07) is 9.99. The van der Waals surface area contributed by atoms with Gasteiger partial charge in [0.2, 0.25) is 11.9 Å². The fraction of sp³-hybridized carbons (Fsp3) is 0.600. The summed E-state index contributed by atoms with van der Waals surface area (Å²) in [6.45, 7) is 6.49. The van der Waals surface area contributed by atoms with Gasteiger partial charge >= 0.3 is 0 Å². The molecule has 2 unspecified atom stereocenters. The number of hydrogen-bond acceptors (Lipinski definition) is 7. The van der Waals surface area contributed by atoms with Gasteiger partial charge in [-0.1, -0.05) is 35.7 Å². The summed E-state index contributed by atoms with van der Waals surface area (Å²) < 4.78 is 2.53. The number of rotatable bonds is 5. The second kappa shape index (κ2) is 9.12. The molecule has 0 amide bonds. The van der Waals surface area contributed by atoms with Gasteiger partial charge in [-0.05, 0) is 50.1 Å². The van der Waals surface area contributed by atoms with Gasteiger partial charge in [-0.15, -0.1) is 10.2 Å². The van der Waals surface area contributed by atoms with Crippen LogP contribution in [0.5, 0.6) is 0 Å². The van der Waals surface area contributed by atoms with Gasteiger partial charge in [-0.25, -0.2) is 4.31 Å². The van der Waals surface area contributed by atoms with E-state index < -0.39 is 0 Å². The Balaban J connectivity index is 1.45. The molecule has 0 spiro atoms. The van der Waals surface area contributed by atoms with Gasteiger partial charge in [-0.3, -0.25) is 9.88 Å². The van der Waals surface area contributed by atoms with E-state index in [0.29, 0.717) is 24.1 Å². The Labute approximate surface area is 182 Å². The molecule has 2 saturated heterocycles. The van der Waals surface area contributed by atoms with E-state index in [4.69, 9.17) is 17.3 Å². The molecule has 4 rings (SSSR count). The number of nitrogens with two attached hydrogens (primary N) is 1. The Hall–Kier alpha value is -1.48. The molecule has 3 heterocycles. The molecule has 2 aromatic rings. The number of hydrogen-bond donors (Lipinski definition) is 2. The van der Waals surface area contributed by atoms with Gasteiger partial charge in [0.05, 0.1) is 0 Å². The van der Waals surface area contributed by atoms with Gasteiger partial charge in [0.25, 0.3) is 0 Å². The Morgan fingerprint density at radius 2 is 1.90 bits per heavy atom. The van der Waals surface area contributed by atoms with Crippen molar-refractivity contribution >= 4 is 35.4 Å². The average Bonchev–Trinajstić information content (AvgIpc) is 3.17. The highest BCUT2D eigenvalue weighted by atomic mass is 35.5. The van der Waals surface area contributed by atoms with Crippen LogP contribution in [0.3, 0.4) is 0 Å². The monoisotopic (exact) mass is 435 g/mol. The van der Waals surface area contributed by atoms with E-state index in [1.807, 2.05) is 24.1 Å². The van der Waals surface area contributed by atoms with E-state index in [9.17, 15) is 0 Å². The van der Waals surface area contributed by atoms with Crippen LogP contribution in [-0.4, -0.2) is 74.9 Å². The Morgan fingerprint density at radius 1 is 1.17 bits per heavy atom. The van der Waals surface area contributed by atoms with Gasteiger partial charge < -0.3 is 10.6 Å². The van der Waals surface area contributed by atoms with Crippen molar-refractivity contribution in [2.24, 2.45) is 0 Å². The number of aromatic amines is 1. The summed E-state index contributed by atoms with van der Waals surface area (Å²) in [5, 5.41) is 8.85. The first-order valence-electron chi connectivity index (χ1n) is 10.3. The first-order valence-corrected chi connectivity index (χ1v) is 11.8. The van der Waals surface area contributed by atoms with Crippen LogP contribution in [0.25, 0.3) is 0 Å². The molecule has 2 aliphatic heterocycles. The fourth-order valence-electron chi connectivity index (χ4n) is 4.63. The van der Waals surface area contributed by atoms with Gasteiger partial charge in [0, 0.05) is 49.3 Å². The number of nitrogens with zero attached hydrogens (tertiary/aromatic N) is 5. The number of H-pyrrole nitrogens is 1. The molecule has 0 bridgehead atoms. The third kappa shape index (κ3) is 4.82. The van der Waals surface area contributed by atoms with Crippen molar-refractivity contribution in [3.63, 3.8) is 0 Å². The Bertz CT molecular complexity index is 790. The summed E-state index contributed by atoms with van der Waals surface area (Å²) in [5.41, 5.74) is 7.05. The largest absolute Gasteiger partial charge is 0.368 e. The zero-order valence-electron chi connectivity index (χ0n) is 17.1. The van der Waals surface area contributed by atoms with Crippen molar-refractivity contribution in [1.82, 2.24) is 24.4 Å². The van der Waals surface area contributed by atoms with Gasteiger partial charge in [0.15, 0.2) is 0 Å². The number of nitrogen functional groups attached to an aromatic ring is 1. The van der Waals surface area contributed by atoms with E-state index >= 15 is 0 Å². The zero-order valence-corrected chi connectivity index (χ0v) is 18.7. The van der Waals surface area contributed by atoms with E-state index in [2.05, 4.69) is 54.6 Å². The summed E-state index contributed by atoms with van der Waals surface area (Å²) in [4.78, 5) is 8.08. The predicted octanol–water partition coefficient (Wildman–Crippen LogP) is 2.90. The molecule has 0 radical (unpaired) electrons. The lowest BCUT2D eigenvalue weighted by atomic mass is 9.95. The van der Waals surface area contributed by atoms with Crippen LogP contribution in [-0.2, 0) is 6.42 Å². The Kier molecular flexibility index (Phi) is 6.53. The normalized spacial score (nSPS) is 24.9. The molecular formula is C20H30ClN7S. The topological polar surface area (TPSA) is 77.3 Å². The molecule has 2 aliphatic rings. The van der Waals surface area contributed by atoms with Crippen LogP contribution in [0.1, 0.15) is 25.3 Å². The van der Waals surface area contributed by atoms with Gasteiger partial charge in [0.1, 0.15) is 0 Å². The molecular weight excluding hydrogens is 406 g/mol. The summed E-state index contributed by atoms with van der Waals surface area (Å²) in [7, 11) is 0. The van der Waals surface area contributed by atoms with Crippen molar-refractivity contribution < 1.29 is 0 Å². The number of aromatic nitrogens is 3. The minimum atomic E-state index is 0.382. The molecule has 9 heteroatoms. The lowest BCUT2D eigenvalue weighted by molar-refractivity contribution is 0.0401. The van der Waals surface area contributed by atoms with E-state index in [1.165, 1.54) is 5.56 Å². The van der Waals surface area contributed by atoms with Crippen LogP contribution in [0.2, 0.25) is 5.02 Å². The Morgan fingerprint density at radius 3 is 2.52 bits per heavy atom. The van der Waals surface area contributed by atoms with Crippen molar-refractivity contribution in [2.45, 2.75) is 44.3 Å². The molecule has 0 saturated carbocycles. The molecule has 158 valence electrons. The van der Waals surface area contributed by atoms with E-state index in [-0.39, 0.29) is 0 Å². The highest BCUT2D eigenvalue weighted by molar-refractivity contribution is 7.96. The zero-order chi connectivity index (χ0) is 20.4. The highest BCUT2D eigenvalue weighted by Gasteiger charge is 2.37. The van der Waals surface area contributed by atoms with Crippen molar-refractivity contribution in [2.75, 3.05) is 43.1 Å². The first-order chi connectivity index (χ1) is 14.0. The number of nitrogens with one attached hydrogen (secondary N) is 1. The van der Waals surface area contributed by atoms with Crippen LogP contribution < -0.4 is 10.6 Å². The molecule has 1 aromatic carbocycles. The third-order valence-corrected chi connectivity index (χ3v) is 7.40. The molecule has 0 aliphatic carbocycles. The molecule has 7 nitrogen and oxygen atoms in total. The van der Waals surface area contributed by atoms with Crippen LogP contribution in [0.4, 0.5) is 11.9 Å². The number of benzene rings is 1. The second-order valence-electron chi connectivity index (χ2n) is 8.06. The smallest absolute Gasteiger partial charge is 0.226 e. The molecule has 2 atom stereocenters. The molecule has 3 N–H and O–H groups in total. The van der Waals surface area contributed by atoms with Crippen LogP contribution in [0, 0.1) is 0 Å². The van der Waals surface area contributed by atoms with Crippen LogP contribution >= 0.6 is 23.5 Å². The highest BCUT2D eigenvalue weighted by Crippen LogP contribution is 2.29.